The number of carbonyl (C=O) groups is 1. The Hall–Kier alpha value is -1.78. The molecule has 0 aliphatic carbocycles. The third-order valence-corrected chi connectivity index (χ3v) is 2.17. The topological polar surface area (TPSA) is 68.5 Å². The number of aromatic hydroxyl groups is 1. The molecule has 1 N–H and O–H groups in total. The van der Waals surface area contributed by atoms with Crippen molar-refractivity contribution in [3.63, 3.8) is 0 Å². The highest BCUT2D eigenvalue weighted by molar-refractivity contribution is 5.83. The smallest absolute Gasteiger partial charge is 0.259 e. The maximum absolute atomic E-state index is 11.6. The lowest BCUT2D eigenvalue weighted by atomic mass is 10.2. The fourth-order valence-electron chi connectivity index (χ4n) is 1.35. The molecule has 0 unspecified atom stereocenters. The first kappa shape index (κ1) is 11.3. The van der Waals surface area contributed by atoms with Crippen LogP contribution < -0.4 is 10.3 Å². The van der Waals surface area contributed by atoms with Gasteiger partial charge in [-0.25, -0.2) is 0 Å². The summed E-state index contributed by atoms with van der Waals surface area (Å²) in [5.41, 5.74) is -0.221. The average molecular weight is 211 g/mol. The van der Waals surface area contributed by atoms with Crippen LogP contribution in [-0.4, -0.2) is 22.6 Å². The molecular weight excluding hydrogens is 198 g/mol. The maximum atomic E-state index is 11.6. The normalized spacial score (nSPS) is 10.1. The lowest BCUT2D eigenvalue weighted by molar-refractivity contribution is 0.111. The molecule has 0 spiro atoms. The van der Waals surface area contributed by atoms with Crippen LogP contribution in [0.3, 0.4) is 0 Å². The van der Waals surface area contributed by atoms with E-state index in [9.17, 15) is 14.7 Å². The summed E-state index contributed by atoms with van der Waals surface area (Å²) in [5.74, 6) is -0.211. The first-order valence-electron chi connectivity index (χ1n) is 4.55. The van der Waals surface area contributed by atoms with Gasteiger partial charge in [0.15, 0.2) is 6.29 Å². The zero-order chi connectivity index (χ0) is 11.6. The van der Waals surface area contributed by atoms with Crippen molar-refractivity contribution in [2.45, 2.75) is 13.8 Å². The van der Waals surface area contributed by atoms with Gasteiger partial charge in [-0.15, -0.1) is 0 Å². The summed E-state index contributed by atoms with van der Waals surface area (Å²) in [6.07, 6.45) is 0.479. The van der Waals surface area contributed by atoms with Crippen LogP contribution in [0.1, 0.15) is 22.8 Å². The van der Waals surface area contributed by atoms with Crippen molar-refractivity contribution in [3.8, 4) is 11.6 Å². The van der Waals surface area contributed by atoms with E-state index in [1.54, 1.807) is 6.92 Å². The second-order valence-electron chi connectivity index (χ2n) is 3.11. The molecule has 0 fully saturated rings. The third-order valence-electron chi connectivity index (χ3n) is 2.17. The summed E-state index contributed by atoms with van der Waals surface area (Å²) in [7, 11) is 1.49. The highest BCUT2D eigenvalue weighted by Crippen LogP contribution is 2.25. The second kappa shape index (κ2) is 4.16. The van der Waals surface area contributed by atoms with E-state index < -0.39 is 0 Å². The largest absolute Gasteiger partial charge is 0.507 e. The number of ether oxygens (including phenoxy) is 1. The Morgan fingerprint density at radius 1 is 1.53 bits per heavy atom. The predicted molar refractivity (Wildman–Crippen MR) is 54.6 cm³/mol. The van der Waals surface area contributed by atoms with Gasteiger partial charge in [0.2, 0.25) is 5.88 Å². The lowest BCUT2D eigenvalue weighted by Crippen LogP contribution is -2.23. The van der Waals surface area contributed by atoms with E-state index in [1.165, 1.54) is 18.5 Å². The molecule has 1 rings (SSSR count). The molecule has 0 saturated heterocycles. The monoisotopic (exact) mass is 211 g/mol. The Morgan fingerprint density at radius 2 is 2.13 bits per heavy atom. The van der Waals surface area contributed by atoms with Gasteiger partial charge in [0, 0.05) is 7.05 Å². The fraction of sp³-hybridized carbons (Fsp3) is 0.400. The van der Waals surface area contributed by atoms with E-state index in [1.807, 2.05) is 0 Å². The third kappa shape index (κ3) is 1.72. The molecule has 0 saturated carbocycles. The molecule has 0 atom stereocenters. The zero-order valence-electron chi connectivity index (χ0n) is 8.90. The van der Waals surface area contributed by atoms with Crippen LogP contribution in [0.5, 0.6) is 11.6 Å². The fourth-order valence-corrected chi connectivity index (χ4v) is 1.35. The number of hydrogen-bond acceptors (Lipinski definition) is 4. The van der Waals surface area contributed by atoms with E-state index in [4.69, 9.17) is 4.74 Å². The number of rotatable bonds is 3. The zero-order valence-corrected chi connectivity index (χ0v) is 8.90. The average Bonchev–Trinajstić information content (AvgIpc) is 2.24. The lowest BCUT2D eigenvalue weighted by Gasteiger charge is -2.13. The van der Waals surface area contributed by atoms with Crippen LogP contribution in [0.2, 0.25) is 0 Å². The van der Waals surface area contributed by atoms with Gasteiger partial charge in [-0.05, 0) is 13.8 Å². The highest BCUT2D eigenvalue weighted by Gasteiger charge is 2.17. The summed E-state index contributed by atoms with van der Waals surface area (Å²) >= 11 is 0. The molecule has 0 aromatic carbocycles. The van der Waals surface area contributed by atoms with Crippen LogP contribution in [0.4, 0.5) is 0 Å². The molecule has 5 heteroatoms. The summed E-state index contributed by atoms with van der Waals surface area (Å²) in [5, 5.41) is 9.59. The van der Waals surface area contributed by atoms with Crippen LogP contribution in [0.25, 0.3) is 0 Å². The number of nitrogens with zero attached hydrogens (tertiary/aromatic N) is 1. The Kier molecular flexibility index (Phi) is 3.14. The predicted octanol–water partition coefficient (Wildman–Crippen LogP) is 0.611. The van der Waals surface area contributed by atoms with Crippen LogP contribution in [0.15, 0.2) is 4.79 Å². The minimum Gasteiger partial charge on any atom is -0.507 e. The Labute approximate surface area is 86.9 Å². The van der Waals surface area contributed by atoms with Gasteiger partial charge >= 0.3 is 0 Å². The Balaban J connectivity index is 3.62. The van der Waals surface area contributed by atoms with Gasteiger partial charge in [-0.3, -0.25) is 14.2 Å². The summed E-state index contributed by atoms with van der Waals surface area (Å²) in [6, 6.07) is 0. The summed E-state index contributed by atoms with van der Waals surface area (Å²) < 4.78 is 6.36. The molecule has 0 amide bonds. The van der Waals surface area contributed by atoms with Gasteiger partial charge in [0.05, 0.1) is 12.2 Å². The van der Waals surface area contributed by atoms with E-state index in [-0.39, 0.29) is 28.3 Å². The van der Waals surface area contributed by atoms with Crippen molar-refractivity contribution in [1.29, 1.82) is 0 Å². The number of pyridine rings is 1. The molecule has 0 aliphatic heterocycles. The number of hydrogen-bond donors (Lipinski definition) is 1. The van der Waals surface area contributed by atoms with Crippen molar-refractivity contribution >= 4 is 6.29 Å². The number of aldehydes is 1. The first-order valence-corrected chi connectivity index (χ1v) is 4.55. The summed E-state index contributed by atoms with van der Waals surface area (Å²) in [6.45, 7) is 3.51. The summed E-state index contributed by atoms with van der Waals surface area (Å²) in [4.78, 5) is 22.3. The van der Waals surface area contributed by atoms with E-state index in [0.717, 1.165) is 0 Å². The van der Waals surface area contributed by atoms with Crippen LogP contribution in [0, 0.1) is 6.92 Å². The number of carbonyl (C=O) groups excluding carboxylic acids is 1. The van der Waals surface area contributed by atoms with Crippen molar-refractivity contribution in [2.24, 2.45) is 7.05 Å². The van der Waals surface area contributed by atoms with Crippen molar-refractivity contribution in [3.05, 3.63) is 21.5 Å². The second-order valence-corrected chi connectivity index (χ2v) is 3.11. The number of aromatic nitrogens is 1. The van der Waals surface area contributed by atoms with Gasteiger partial charge in [0.25, 0.3) is 5.56 Å². The molecule has 1 aromatic heterocycles. The van der Waals surface area contributed by atoms with Gasteiger partial charge in [-0.2, -0.15) is 0 Å². The van der Waals surface area contributed by atoms with Gasteiger partial charge in [0.1, 0.15) is 11.3 Å². The Bertz CT molecular complexity index is 448. The Morgan fingerprint density at radius 3 is 2.60 bits per heavy atom. The van der Waals surface area contributed by atoms with Gasteiger partial charge in [-0.1, -0.05) is 0 Å². The minimum atomic E-state index is -0.374. The van der Waals surface area contributed by atoms with Gasteiger partial charge < -0.3 is 9.84 Å². The quantitative estimate of drug-likeness (QED) is 0.744. The van der Waals surface area contributed by atoms with Crippen LogP contribution in [-0.2, 0) is 7.05 Å². The van der Waals surface area contributed by atoms with Crippen molar-refractivity contribution < 1.29 is 14.6 Å². The van der Waals surface area contributed by atoms with E-state index >= 15 is 0 Å². The molecule has 0 aliphatic rings. The standard InChI is InChI=1S/C10H13NO4/c1-4-15-10-7(5-12)8(13)6(2)9(14)11(10)3/h5,13H,4H2,1-3H3. The first-order chi connectivity index (χ1) is 7.04. The molecule has 1 aromatic rings. The maximum Gasteiger partial charge on any atom is 0.259 e. The SMILES string of the molecule is CCOc1c(C=O)c(O)c(C)c(=O)n1C. The molecule has 0 bridgehead atoms. The molecule has 15 heavy (non-hydrogen) atoms. The van der Waals surface area contributed by atoms with Crippen molar-refractivity contribution in [2.75, 3.05) is 6.61 Å². The molecule has 0 radical (unpaired) electrons. The van der Waals surface area contributed by atoms with E-state index in [2.05, 4.69) is 0 Å². The van der Waals surface area contributed by atoms with Crippen molar-refractivity contribution in [1.82, 2.24) is 4.57 Å². The van der Waals surface area contributed by atoms with E-state index in [0.29, 0.717) is 12.9 Å². The molecule has 5 nitrogen and oxygen atoms in total. The molecule has 82 valence electrons. The minimum absolute atomic E-state index is 0.0106. The molecule has 1 heterocycles. The highest BCUT2D eigenvalue weighted by atomic mass is 16.5. The molecular formula is C10H13NO4. The van der Waals surface area contributed by atoms with Crippen LogP contribution >= 0.6 is 0 Å².